The number of pyridine rings is 1. The molecule has 0 aliphatic heterocycles. The van der Waals surface area contributed by atoms with Crippen LogP contribution in [0, 0.1) is 0 Å². The quantitative estimate of drug-likeness (QED) is 0.907. The third-order valence-corrected chi connectivity index (χ3v) is 4.20. The highest BCUT2D eigenvalue weighted by atomic mass is 19.4. The van der Waals surface area contributed by atoms with Gasteiger partial charge < -0.3 is 5.11 Å². The highest BCUT2D eigenvalue weighted by Gasteiger charge is 2.36. The van der Waals surface area contributed by atoms with Gasteiger partial charge in [0.1, 0.15) is 6.10 Å². The summed E-state index contributed by atoms with van der Waals surface area (Å²) in [4.78, 5) is 16.5. The minimum absolute atomic E-state index is 0.158. The van der Waals surface area contributed by atoms with Gasteiger partial charge in [-0.15, -0.1) is 0 Å². The number of fused-ring (bicyclic) bond motifs is 1. The molecule has 0 amide bonds. The Kier molecular flexibility index (Phi) is 4.01. The number of aliphatic hydroxyl groups is 1. The van der Waals surface area contributed by atoms with Crippen molar-refractivity contribution in [2.24, 2.45) is 0 Å². The molecule has 1 aromatic heterocycles. The van der Waals surface area contributed by atoms with E-state index in [9.17, 15) is 23.1 Å². The van der Waals surface area contributed by atoms with E-state index in [1.54, 1.807) is 31.2 Å². The lowest BCUT2D eigenvalue weighted by Crippen LogP contribution is -2.22. The van der Waals surface area contributed by atoms with Crippen LogP contribution in [0.5, 0.6) is 0 Å². The molecular formula is C18H14F3NO2. The minimum atomic E-state index is -4.55. The van der Waals surface area contributed by atoms with Crippen molar-refractivity contribution in [2.75, 3.05) is 0 Å². The zero-order valence-electron chi connectivity index (χ0n) is 12.8. The van der Waals surface area contributed by atoms with Gasteiger partial charge in [-0.2, -0.15) is 13.2 Å². The number of carbonyl (C=O) groups excluding carboxylic acids is 1. The number of carbonyl (C=O) groups is 1. The first-order valence-corrected chi connectivity index (χ1v) is 7.33. The number of halogens is 3. The highest BCUT2D eigenvalue weighted by Crippen LogP contribution is 2.37. The maximum Gasteiger partial charge on any atom is 0.418 e. The van der Waals surface area contributed by atoms with Crippen molar-refractivity contribution in [1.82, 2.24) is 4.98 Å². The Bertz CT molecular complexity index is 840. The van der Waals surface area contributed by atoms with Gasteiger partial charge in [-0.3, -0.25) is 9.78 Å². The lowest BCUT2D eigenvalue weighted by atomic mass is 9.81. The van der Waals surface area contributed by atoms with Gasteiger partial charge in [0.2, 0.25) is 0 Å². The van der Waals surface area contributed by atoms with Crippen LogP contribution < -0.4 is 0 Å². The van der Waals surface area contributed by atoms with Gasteiger partial charge in [0.05, 0.1) is 11.3 Å². The molecule has 24 heavy (non-hydrogen) atoms. The minimum Gasteiger partial charge on any atom is -0.384 e. The second-order valence-electron chi connectivity index (χ2n) is 5.65. The largest absolute Gasteiger partial charge is 0.418 e. The first kappa shape index (κ1) is 16.4. The van der Waals surface area contributed by atoms with Gasteiger partial charge >= 0.3 is 6.18 Å². The highest BCUT2D eigenvalue weighted by molar-refractivity contribution is 6.11. The third-order valence-electron chi connectivity index (χ3n) is 4.20. The fourth-order valence-corrected chi connectivity index (χ4v) is 2.91. The molecule has 1 atom stereocenters. The fourth-order valence-electron chi connectivity index (χ4n) is 2.91. The van der Waals surface area contributed by atoms with Gasteiger partial charge in [-0.25, -0.2) is 0 Å². The number of Topliss-reactive ketones (excluding diaryl/α,β-unsaturated/α-hetero) is 1. The summed E-state index contributed by atoms with van der Waals surface area (Å²) in [7, 11) is 0. The summed E-state index contributed by atoms with van der Waals surface area (Å²) in [5.41, 5.74) is 0.213. The molecule has 0 saturated carbocycles. The molecule has 0 spiro atoms. The van der Waals surface area contributed by atoms with E-state index in [-0.39, 0.29) is 23.5 Å². The lowest BCUT2D eigenvalue weighted by Gasteiger charge is -2.25. The number of nitrogens with zero attached hydrogens (tertiary/aromatic N) is 1. The van der Waals surface area contributed by atoms with Crippen LogP contribution in [0.3, 0.4) is 0 Å². The molecule has 1 N–H and O–H groups in total. The Morgan fingerprint density at radius 1 is 1.17 bits per heavy atom. The molecule has 1 unspecified atom stereocenters. The van der Waals surface area contributed by atoms with Gasteiger partial charge in [0.25, 0.3) is 0 Å². The first-order chi connectivity index (χ1) is 11.3. The second-order valence-corrected chi connectivity index (χ2v) is 5.65. The number of ketones is 1. The average Bonchev–Trinajstić information content (AvgIpc) is 2.56. The van der Waals surface area contributed by atoms with Gasteiger partial charge in [0, 0.05) is 23.8 Å². The molecule has 3 nitrogen and oxygen atoms in total. The molecule has 6 heteroatoms. The van der Waals surface area contributed by atoms with Crippen LogP contribution in [0.15, 0.2) is 53.7 Å². The Morgan fingerprint density at radius 3 is 2.58 bits per heavy atom. The molecule has 0 bridgehead atoms. The lowest BCUT2D eigenvalue weighted by molar-refractivity contribution is -0.138. The maximum atomic E-state index is 13.1. The summed E-state index contributed by atoms with van der Waals surface area (Å²) in [5.74, 6) is -0.368. The summed E-state index contributed by atoms with van der Waals surface area (Å²) in [6, 6.07) is 8.71. The van der Waals surface area contributed by atoms with Gasteiger partial charge in [0.15, 0.2) is 5.78 Å². The van der Waals surface area contributed by atoms with E-state index in [0.29, 0.717) is 16.7 Å². The van der Waals surface area contributed by atoms with Gasteiger partial charge in [-0.05, 0) is 30.2 Å². The van der Waals surface area contributed by atoms with Crippen LogP contribution in [0.4, 0.5) is 13.2 Å². The van der Waals surface area contributed by atoms with Crippen LogP contribution in [-0.2, 0) is 12.6 Å². The van der Waals surface area contributed by atoms with E-state index in [1.165, 1.54) is 12.3 Å². The number of aliphatic hydroxyl groups excluding tert-OH is 1. The molecule has 0 radical (unpaired) electrons. The van der Waals surface area contributed by atoms with E-state index in [0.717, 1.165) is 6.07 Å². The summed E-state index contributed by atoms with van der Waals surface area (Å²) >= 11 is 0. The summed E-state index contributed by atoms with van der Waals surface area (Å²) in [6.45, 7) is 1.56. The molecule has 1 aliphatic carbocycles. The Balaban J connectivity index is 2.06. The van der Waals surface area contributed by atoms with E-state index >= 15 is 0 Å². The number of rotatable bonds is 2. The van der Waals surface area contributed by atoms with Crippen molar-refractivity contribution in [1.29, 1.82) is 0 Å². The summed E-state index contributed by atoms with van der Waals surface area (Å²) < 4.78 is 39.4. The third kappa shape index (κ3) is 2.73. The van der Waals surface area contributed by atoms with Crippen molar-refractivity contribution >= 4 is 5.78 Å². The van der Waals surface area contributed by atoms with Crippen LogP contribution in [0.25, 0.3) is 0 Å². The fraction of sp³-hybridized carbons (Fsp3) is 0.222. The van der Waals surface area contributed by atoms with Crippen LogP contribution in [0.1, 0.15) is 40.2 Å². The monoisotopic (exact) mass is 333 g/mol. The number of benzene rings is 1. The molecule has 124 valence electrons. The van der Waals surface area contributed by atoms with Crippen molar-refractivity contribution in [3.05, 3.63) is 76.1 Å². The molecule has 1 heterocycles. The molecule has 2 aromatic rings. The normalized spacial score (nSPS) is 17.9. The average molecular weight is 333 g/mol. The predicted molar refractivity (Wildman–Crippen MR) is 81.4 cm³/mol. The Hall–Kier alpha value is -2.47. The first-order valence-electron chi connectivity index (χ1n) is 7.33. The van der Waals surface area contributed by atoms with E-state index in [4.69, 9.17) is 0 Å². The van der Waals surface area contributed by atoms with E-state index < -0.39 is 17.8 Å². The van der Waals surface area contributed by atoms with E-state index in [2.05, 4.69) is 4.98 Å². The Morgan fingerprint density at radius 2 is 1.88 bits per heavy atom. The molecule has 0 saturated heterocycles. The molecule has 1 aliphatic rings. The van der Waals surface area contributed by atoms with Crippen molar-refractivity contribution in [3.63, 3.8) is 0 Å². The number of hydrogen-bond donors (Lipinski definition) is 1. The summed E-state index contributed by atoms with van der Waals surface area (Å²) in [5, 5.41) is 10.4. The second kappa shape index (κ2) is 5.87. The van der Waals surface area contributed by atoms with Crippen molar-refractivity contribution in [3.8, 4) is 0 Å². The smallest absolute Gasteiger partial charge is 0.384 e. The number of aromatic nitrogens is 1. The number of allylic oxidation sites excluding steroid dienone is 1. The Labute approximate surface area is 136 Å². The molecular weight excluding hydrogens is 319 g/mol. The van der Waals surface area contributed by atoms with E-state index in [1.807, 2.05) is 0 Å². The zero-order chi connectivity index (χ0) is 17.5. The predicted octanol–water partition coefficient (Wildman–Crippen LogP) is 3.89. The maximum absolute atomic E-state index is 13.1. The summed E-state index contributed by atoms with van der Waals surface area (Å²) in [6.07, 6.45) is -4.57. The van der Waals surface area contributed by atoms with Crippen molar-refractivity contribution in [2.45, 2.75) is 25.6 Å². The topological polar surface area (TPSA) is 50.2 Å². The van der Waals surface area contributed by atoms with Crippen LogP contribution >= 0.6 is 0 Å². The van der Waals surface area contributed by atoms with Crippen molar-refractivity contribution < 1.29 is 23.1 Å². The molecule has 3 rings (SSSR count). The van der Waals surface area contributed by atoms with Gasteiger partial charge in [-0.1, -0.05) is 24.3 Å². The number of hydrogen-bond acceptors (Lipinski definition) is 3. The van der Waals surface area contributed by atoms with Crippen LogP contribution in [-0.4, -0.2) is 15.9 Å². The van der Waals surface area contributed by atoms with Crippen LogP contribution in [0.2, 0.25) is 0 Å². The molecule has 1 aromatic carbocycles. The SMILES string of the molecule is CC1=C(Cc2ncccc2C(F)(F)F)C(=O)c2ccccc2C1O. The number of alkyl halides is 3. The molecule has 0 fully saturated rings. The standard InChI is InChI=1S/C18H14F3NO2/c1-10-13(9-15-14(18(19,20)21)7-4-8-22-15)17(24)12-6-3-2-5-11(12)16(10)23/h2-8,16,23H,9H2,1H3. The zero-order valence-corrected chi connectivity index (χ0v) is 12.8.